The smallest absolute Gasteiger partial charge is 0.163 e. The van der Waals surface area contributed by atoms with Crippen LogP contribution < -0.4 is 0 Å². The summed E-state index contributed by atoms with van der Waals surface area (Å²) in [5.74, 6) is 1.78. The number of benzene rings is 1. The second-order valence-electron chi connectivity index (χ2n) is 6.43. The molecule has 0 unspecified atom stereocenters. The van der Waals surface area contributed by atoms with Crippen molar-refractivity contribution >= 4 is 0 Å². The van der Waals surface area contributed by atoms with Gasteiger partial charge in [0.05, 0.1) is 5.69 Å². The third-order valence-electron chi connectivity index (χ3n) is 4.12. The molecule has 3 aromatic rings. The van der Waals surface area contributed by atoms with Crippen LogP contribution in [0.3, 0.4) is 0 Å². The molecule has 0 bridgehead atoms. The molecule has 118 valence electrons. The van der Waals surface area contributed by atoms with Crippen molar-refractivity contribution in [2.45, 2.75) is 39.5 Å². The Bertz CT molecular complexity index is 759. The van der Waals surface area contributed by atoms with E-state index in [-0.39, 0.29) is 0 Å². The highest BCUT2D eigenvalue weighted by molar-refractivity contribution is 5.59. The molecule has 2 heterocycles. The van der Waals surface area contributed by atoms with Crippen LogP contribution in [0.25, 0.3) is 17.2 Å². The Balaban J connectivity index is 2.26. The zero-order chi connectivity index (χ0) is 16.4. The minimum atomic E-state index is 0.447. The van der Waals surface area contributed by atoms with E-state index in [0.29, 0.717) is 11.8 Å². The predicted octanol–water partition coefficient (Wildman–Crippen LogP) is 5.18. The molecule has 0 fully saturated rings. The summed E-state index contributed by atoms with van der Waals surface area (Å²) in [6.45, 7) is 8.95. The standard InChI is InChI=1S/C20H23N3/c1-14(2)16-8-7-9-17(15(3)4)19(16)23-13-12-22-20(23)18-10-5-6-11-21-18/h5-15H,1-4H3. The van der Waals surface area contributed by atoms with Crippen molar-refractivity contribution in [3.63, 3.8) is 0 Å². The molecule has 0 saturated carbocycles. The van der Waals surface area contributed by atoms with Gasteiger partial charge in [0.2, 0.25) is 0 Å². The highest BCUT2D eigenvalue weighted by Crippen LogP contribution is 2.33. The zero-order valence-corrected chi connectivity index (χ0v) is 14.2. The molecule has 0 N–H and O–H groups in total. The summed E-state index contributed by atoms with van der Waals surface area (Å²) >= 11 is 0. The first-order chi connectivity index (χ1) is 11.1. The Kier molecular flexibility index (Phi) is 4.28. The van der Waals surface area contributed by atoms with Crippen molar-refractivity contribution in [2.24, 2.45) is 0 Å². The lowest BCUT2D eigenvalue weighted by Gasteiger charge is -2.21. The van der Waals surface area contributed by atoms with Gasteiger partial charge in [-0.15, -0.1) is 0 Å². The topological polar surface area (TPSA) is 30.7 Å². The van der Waals surface area contributed by atoms with Gasteiger partial charge >= 0.3 is 0 Å². The number of nitrogens with zero attached hydrogens (tertiary/aromatic N) is 3. The highest BCUT2D eigenvalue weighted by Gasteiger charge is 2.18. The lowest BCUT2D eigenvalue weighted by atomic mass is 9.92. The minimum absolute atomic E-state index is 0.447. The van der Waals surface area contributed by atoms with E-state index in [1.54, 1.807) is 0 Å². The van der Waals surface area contributed by atoms with Crippen LogP contribution in [0.1, 0.15) is 50.7 Å². The van der Waals surface area contributed by atoms with Gasteiger partial charge in [0, 0.05) is 18.6 Å². The summed E-state index contributed by atoms with van der Waals surface area (Å²) in [6.07, 6.45) is 5.70. The second kappa shape index (κ2) is 6.37. The van der Waals surface area contributed by atoms with Gasteiger partial charge < -0.3 is 0 Å². The molecule has 0 atom stereocenters. The van der Waals surface area contributed by atoms with Crippen LogP contribution in [0.4, 0.5) is 0 Å². The van der Waals surface area contributed by atoms with Crippen LogP contribution in [0.2, 0.25) is 0 Å². The molecule has 0 aliphatic heterocycles. The van der Waals surface area contributed by atoms with Crippen LogP contribution in [0.5, 0.6) is 0 Å². The second-order valence-corrected chi connectivity index (χ2v) is 6.43. The number of rotatable bonds is 4. The maximum Gasteiger partial charge on any atom is 0.163 e. The maximum atomic E-state index is 4.56. The molecule has 23 heavy (non-hydrogen) atoms. The first kappa shape index (κ1) is 15.5. The molecular weight excluding hydrogens is 282 g/mol. The molecule has 0 radical (unpaired) electrons. The van der Waals surface area contributed by atoms with E-state index in [0.717, 1.165) is 11.5 Å². The monoisotopic (exact) mass is 305 g/mol. The fourth-order valence-corrected chi connectivity index (χ4v) is 2.96. The molecule has 0 saturated heterocycles. The van der Waals surface area contributed by atoms with Crippen molar-refractivity contribution in [1.29, 1.82) is 0 Å². The number of hydrogen-bond acceptors (Lipinski definition) is 2. The number of aromatic nitrogens is 3. The first-order valence-electron chi connectivity index (χ1n) is 8.17. The van der Waals surface area contributed by atoms with E-state index in [1.807, 2.05) is 36.8 Å². The highest BCUT2D eigenvalue weighted by atomic mass is 15.1. The first-order valence-corrected chi connectivity index (χ1v) is 8.17. The van der Waals surface area contributed by atoms with Crippen molar-refractivity contribution in [1.82, 2.24) is 14.5 Å². The van der Waals surface area contributed by atoms with Crippen LogP contribution >= 0.6 is 0 Å². The minimum Gasteiger partial charge on any atom is -0.298 e. The lowest BCUT2D eigenvalue weighted by Crippen LogP contribution is -2.08. The molecule has 0 aliphatic carbocycles. The van der Waals surface area contributed by atoms with Crippen molar-refractivity contribution in [3.05, 3.63) is 66.1 Å². The Morgan fingerprint density at radius 3 is 2.04 bits per heavy atom. The maximum absolute atomic E-state index is 4.56. The van der Waals surface area contributed by atoms with Gasteiger partial charge in [0.1, 0.15) is 5.69 Å². The Morgan fingerprint density at radius 2 is 1.48 bits per heavy atom. The van der Waals surface area contributed by atoms with E-state index in [1.165, 1.54) is 16.8 Å². The van der Waals surface area contributed by atoms with Gasteiger partial charge in [-0.3, -0.25) is 9.55 Å². The van der Waals surface area contributed by atoms with Gasteiger partial charge in [0.25, 0.3) is 0 Å². The van der Waals surface area contributed by atoms with Crippen molar-refractivity contribution in [3.8, 4) is 17.2 Å². The third kappa shape index (κ3) is 2.91. The summed E-state index contributed by atoms with van der Waals surface area (Å²) in [5, 5.41) is 0. The van der Waals surface area contributed by atoms with E-state index < -0.39 is 0 Å². The Labute approximate surface area is 138 Å². The largest absolute Gasteiger partial charge is 0.298 e. The molecule has 2 aromatic heterocycles. The average molecular weight is 305 g/mol. The van der Waals surface area contributed by atoms with Crippen LogP contribution in [-0.4, -0.2) is 14.5 Å². The van der Waals surface area contributed by atoms with Crippen molar-refractivity contribution in [2.75, 3.05) is 0 Å². The fourth-order valence-electron chi connectivity index (χ4n) is 2.96. The Morgan fingerprint density at radius 1 is 0.783 bits per heavy atom. The quantitative estimate of drug-likeness (QED) is 0.665. The molecule has 0 aliphatic rings. The number of imidazole rings is 1. The third-order valence-corrected chi connectivity index (χ3v) is 4.12. The molecule has 3 rings (SSSR count). The van der Waals surface area contributed by atoms with E-state index in [9.17, 15) is 0 Å². The summed E-state index contributed by atoms with van der Waals surface area (Å²) in [5.41, 5.74) is 4.82. The van der Waals surface area contributed by atoms with Gasteiger partial charge in [-0.1, -0.05) is 52.0 Å². The summed E-state index contributed by atoms with van der Waals surface area (Å²) in [4.78, 5) is 9.04. The normalized spacial score (nSPS) is 11.4. The predicted molar refractivity (Wildman–Crippen MR) is 95.0 cm³/mol. The van der Waals surface area contributed by atoms with Gasteiger partial charge in [-0.2, -0.15) is 0 Å². The molecule has 0 amide bonds. The molecule has 1 aromatic carbocycles. The number of para-hydroxylation sites is 1. The van der Waals surface area contributed by atoms with Crippen LogP contribution in [0.15, 0.2) is 55.0 Å². The van der Waals surface area contributed by atoms with Gasteiger partial charge in [0.15, 0.2) is 5.82 Å². The Hall–Kier alpha value is -2.42. The summed E-state index contributed by atoms with van der Waals surface area (Å²) < 4.78 is 2.19. The fraction of sp³-hybridized carbons (Fsp3) is 0.300. The van der Waals surface area contributed by atoms with E-state index in [2.05, 4.69) is 60.4 Å². The van der Waals surface area contributed by atoms with Crippen LogP contribution in [-0.2, 0) is 0 Å². The summed E-state index contributed by atoms with van der Waals surface area (Å²) in [6, 6.07) is 12.5. The van der Waals surface area contributed by atoms with Crippen molar-refractivity contribution < 1.29 is 0 Å². The van der Waals surface area contributed by atoms with Gasteiger partial charge in [-0.05, 0) is 35.1 Å². The van der Waals surface area contributed by atoms with Gasteiger partial charge in [-0.25, -0.2) is 4.98 Å². The van der Waals surface area contributed by atoms with E-state index in [4.69, 9.17) is 0 Å². The average Bonchev–Trinajstić information content (AvgIpc) is 3.04. The lowest BCUT2D eigenvalue weighted by molar-refractivity contribution is 0.806. The van der Waals surface area contributed by atoms with E-state index >= 15 is 0 Å². The molecular formula is C20H23N3. The zero-order valence-electron chi connectivity index (χ0n) is 14.2. The molecule has 0 spiro atoms. The van der Waals surface area contributed by atoms with Crippen LogP contribution in [0, 0.1) is 0 Å². The summed E-state index contributed by atoms with van der Waals surface area (Å²) in [7, 11) is 0. The number of pyridine rings is 1. The SMILES string of the molecule is CC(C)c1cccc(C(C)C)c1-n1ccnc1-c1ccccn1. The number of hydrogen-bond donors (Lipinski definition) is 0. The molecule has 3 nitrogen and oxygen atoms in total. The molecule has 3 heteroatoms.